The van der Waals surface area contributed by atoms with Crippen LogP contribution in [0.5, 0.6) is 0 Å². The predicted molar refractivity (Wildman–Crippen MR) is 141 cm³/mol. The fraction of sp³-hybridized carbons (Fsp3) is 0.115. The third-order valence-electron chi connectivity index (χ3n) is 5.65. The molecule has 1 N–H and O–H groups in total. The number of aliphatic hydroxyl groups excluding tert-OH is 1. The van der Waals surface area contributed by atoms with Crippen molar-refractivity contribution in [1.29, 1.82) is 0 Å². The summed E-state index contributed by atoms with van der Waals surface area (Å²) in [5, 5.41) is 20.3. The number of hydrogen-bond acceptors (Lipinski definition) is 8. The summed E-state index contributed by atoms with van der Waals surface area (Å²) >= 11 is 8.70. The number of pyridine rings is 1. The topological polar surface area (TPSA) is 96.3 Å². The monoisotopic (exact) mass is 534 g/mol. The molecule has 2 aromatic heterocycles. The van der Waals surface area contributed by atoms with E-state index in [0.29, 0.717) is 26.2 Å². The van der Waals surface area contributed by atoms with Crippen LogP contribution in [0, 0.1) is 6.92 Å². The number of anilines is 1. The minimum atomic E-state index is -0.905. The molecule has 5 rings (SSSR count). The Morgan fingerprint density at radius 2 is 1.83 bits per heavy atom. The van der Waals surface area contributed by atoms with E-state index >= 15 is 0 Å². The zero-order valence-electron chi connectivity index (χ0n) is 19.0. The van der Waals surface area contributed by atoms with Crippen molar-refractivity contribution in [3.63, 3.8) is 0 Å². The molecule has 1 aliphatic rings. The van der Waals surface area contributed by atoms with Crippen LogP contribution >= 0.6 is 34.7 Å². The molecule has 36 heavy (non-hydrogen) atoms. The highest BCUT2D eigenvalue weighted by Gasteiger charge is 2.48. The molecule has 4 aromatic rings. The van der Waals surface area contributed by atoms with E-state index in [0.717, 1.165) is 5.56 Å². The minimum absolute atomic E-state index is 0.0422. The van der Waals surface area contributed by atoms with Gasteiger partial charge < -0.3 is 5.11 Å². The number of aromatic nitrogens is 3. The lowest BCUT2D eigenvalue weighted by Gasteiger charge is -2.22. The van der Waals surface area contributed by atoms with Crippen LogP contribution in [-0.2, 0) is 15.3 Å². The molecule has 1 aliphatic heterocycles. The number of aryl methyl sites for hydroxylation is 1. The second kappa shape index (κ2) is 10.2. The molecule has 1 amide bonds. The number of hydrogen-bond donors (Lipinski definition) is 1. The number of benzene rings is 2. The summed E-state index contributed by atoms with van der Waals surface area (Å²) in [5.41, 5.74) is 3.22. The number of rotatable bonds is 6. The van der Waals surface area contributed by atoms with Gasteiger partial charge in [0.15, 0.2) is 4.34 Å². The van der Waals surface area contributed by atoms with Crippen LogP contribution in [-0.4, -0.2) is 32.0 Å². The van der Waals surface area contributed by atoms with E-state index in [1.54, 1.807) is 48.8 Å². The predicted octanol–water partition coefficient (Wildman–Crippen LogP) is 5.81. The van der Waals surface area contributed by atoms with Gasteiger partial charge in [0.05, 0.1) is 11.6 Å². The lowest BCUT2D eigenvalue weighted by atomic mass is 9.96. The number of ketones is 1. The van der Waals surface area contributed by atoms with Crippen molar-refractivity contribution < 1.29 is 14.7 Å². The van der Waals surface area contributed by atoms with E-state index in [9.17, 15) is 14.7 Å². The Bertz CT molecular complexity index is 1450. The standard InChI is InChI=1S/C26H19ClN4O3S2/c1-15-4-6-16(7-5-15)14-35-26-30-29-25(36-26)31-21(18-3-2-12-28-13-18)20(23(33)24(31)34)22(32)17-8-10-19(27)11-9-17/h2-13,21,32H,14H2,1H3/b22-20+. The third kappa shape index (κ3) is 4.77. The van der Waals surface area contributed by atoms with Gasteiger partial charge in [-0.05, 0) is 48.4 Å². The van der Waals surface area contributed by atoms with Gasteiger partial charge in [-0.25, -0.2) is 0 Å². The second-order valence-corrected chi connectivity index (χ2v) is 10.7. The molecule has 3 heterocycles. The maximum absolute atomic E-state index is 13.2. The Kier molecular flexibility index (Phi) is 6.86. The number of aliphatic hydroxyl groups is 1. The molecule has 0 radical (unpaired) electrons. The Labute approximate surface area is 220 Å². The largest absolute Gasteiger partial charge is 0.507 e. The smallest absolute Gasteiger partial charge is 0.301 e. The van der Waals surface area contributed by atoms with Crippen molar-refractivity contribution in [2.24, 2.45) is 0 Å². The summed E-state index contributed by atoms with van der Waals surface area (Å²) in [6.07, 6.45) is 3.16. The number of halogens is 1. The zero-order valence-corrected chi connectivity index (χ0v) is 21.3. The number of nitrogens with zero attached hydrogens (tertiary/aromatic N) is 4. The van der Waals surface area contributed by atoms with Crippen molar-refractivity contribution in [1.82, 2.24) is 15.2 Å². The van der Waals surface area contributed by atoms with Crippen molar-refractivity contribution in [3.8, 4) is 0 Å². The highest BCUT2D eigenvalue weighted by atomic mass is 35.5. The van der Waals surface area contributed by atoms with Crippen LogP contribution in [0.25, 0.3) is 5.76 Å². The number of carbonyl (C=O) groups is 2. The lowest BCUT2D eigenvalue weighted by Crippen LogP contribution is -2.29. The van der Waals surface area contributed by atoms with Crippen LogP contribution in [0.1, 0.15) is 28.3 Å². The summed E-state index contributed by atoms with van der Waals surface area (Å²) in [7, 11) is 0. The fourth-order valence-electron chi connectivity index (χ4n) is 3.83. The summed E-state index contributed by atoms with van der Waals surface area (Å²) in [5.74, 6) is -1.19. The van der Waals surface area contributed by atoms with Gasteiger partial charge in [0.2, 0.25) is 5.13 Å². The molecule has 1 saturated heterocycles. The van der Waals surface area contributed by atoms with Crippen LogP contribution in [0.15, 0.2) is 83.0 Å². The van der Waals surface area contributed by atoms with E-state index in [1.807, 2.05) is 6.92 Å². The number of amides is 1. The normalized spacial score (nSPS) is 17.1. The number of Topliss-reactive ketones (excluding diaryl/α,β-unsaturated/α-hetero) is 1. The molecule has 0 saturated carbocycles. The summed E-state index contributed by atoms with van der Waals surface area (Å²) in [4.78, 5) is 31.9. The molecule has 1 unspecified atom stereocenters. The maximum atomic E-state index is 13.2. The third-order valence-corrected chi connectivity index (χ3v) is 8.03. The van der Waals surface area contributed by atoms with E-state index in [-0.39, 0.29) is 16.5 Å². The van der Waals surface area contributed by atoms with Gasteiger partial charge in [0, 0.05) is 28.7 Å². The minimum Gasteiger partial charge on any atom is -0.507 e. The molecule has 1 fully saturated rings. The van der Waals surface area contributed by atoms with Gasteiger partial charge in [-0.15, -0.1) is 10.2 Å². The molecule has 2 aromatic carbocycles. The molecule has 0 bridgehead atoms. The Hall–Kier alpha value is -3.53. The van der Waals surface area contributed by atoms with E-state index in [4.69, 9.17) is 11.6 Å². The van der Waals surface area contributed by atoms with E-state index in [2.05, 4.69) is 39.4 Å². The Balaban J connectivity index is 1.51. The molecule has 0 aliphatic carbocycles. The zero-order chi connectivity index (χ0) is 25.2. The van der Waals surface area contributed by atoms with Gasteiger partial charge in [0.1, 0.15) is 5.76 Å². The molecule has 180 valence electrons. The van der Waals surface area contributed by atoms with Crippen LogP contribution in [0.4, 0.5) is 5.13 Å². The molecule has 0 spiro atoms. The van der Waals surface area contributed by atoms with Gasteiger partial charge in [-0.3, -0.25) is 19.5 Å². The van der Waals surface area contributed by atoms with E-state index in [1.165, 1.54) is 33.6 Å². The quantitative estimate of drug-likeness (QED) is 0.109. The van der Waals surface area contributed by atoms with Gasteiger partial charge >= 0.3 is 5.91 Å². The Morgan fingerprint density at radius 3 is 2.53 bits per heavy atom. The number of thioether (sulfide) groups is 1. The van der Waals surface area contributed by atoms with Gasteiger partial charge in [-0.2, -0.15) is 0 Å². The number of carbonyl (C=O) groups excluding carboxylic acids is 2. The first-order valence-electron chi connectivity index (χ1n) is 10.9. The van der Waals surface area contributed by atoms with Crippen molar-refractivity contribution in [2.45, 2.75) is 23.1 Å². The first kappa shape index (κ1) is 24.2. The van der Waals surface area contributed by atoms with E-state index < -0.39 is 17.7 Å². The average Bonchev–Trinajstić information content (AvgIpc) is 3.46. The second-order valence-electron chi connectivity index (χ2n) is 8.09. The molecule has 1 atom stereocenters. The van der Waals surface area contributed by atoms with Crippen molar-refractivity contribution >= 4 is 57.3 Å². The molecule has 7 nitrogen and oxygen atoms in total. The summed E-state index contributed by atoms with van der Waals surface area (Å²) in [6, 6.07) is 17.2. The van der Waals surface area contributed by atoms with Crippen LogP contribution in [0.3, 0.4) is 0 Å². The van der Waals surface area contributed by atoms with Crippen LogP contribution in [0.2, 0.25) is 5.02 Å². The van der Waals surface area contributed by atoms with Crippen molar-refractivity contribution in [2.75, 3.05) is 4.90 Å². The van der Waals surface area contributed by atoms with Gasteiger partial charge in [-0.1, -0.05) is 70.6 Å². The summed E-state index contributed by atoms with van der Waals surface area (Å²) in [6.45, 7) is 2.04. The summed E-state index contributed by atoms with van der Waals surface area (Å²) < 4.78 is 0.662. The lowest BCUT2D eigenvalue weighted by molar-refractivity contribution is -0.132. The fourth-order valence-corrected chi connectivity index (χ4v) is 5.78. The highest BCUT2D eigenvalue weighted by molar-refractivity contribution is 8.00. The Morgan fingerprint density at radius 1 is 1.08 bits per heavy atom. The van der Waals surface area contributed by atoms with Crippen LogP contribution < -0.4 is 4.90 Å². The SMILES string of the molecule is Cc1ccc(CSc2nnc(N3C(=O)C(=O)/C(=C(/O)c4ccc(Cl)cc4)C3c3cccnc3)s2)cc1. The first-order chi connectivity index (χ1) is 17.4. The highest BCUT2D eigenvalue weighted by Crippen LogP contribution is 2.43. The first-order valence-corrected chi connectivity index (χ1v) is 13.1. The molecular formula is C26H19ClN4O3S2. The molecular weight excluding hydrogens is 516 g/mol. The molecule has 10 heteroatoms. The maximum Gasteiger partial charge on any atom is 0.301 e. The average molecular weight is 535 g/mol. The van der Waals surface area contributed by atoms with Crippen molar-refractivity contribution in [3.05, 3.63) is 106 Å². The van der Waals surface area contributed by atoms with Gasteiger partial charge in [0.25, 0.3) is 5.78 Å².